The molecule has 1 rings (SSSR count). The molecule has 1 aromatic carbocycles. The van der Waals surface area contributed by atoms with Gasteiger partial charge >= 0.3 is 0 Å². The van der Waals surface area contributed by atoms with Gasteiger partial charge in [0.1, 0.15) is 0 Å². The Morgan fingerprint density at radius 3 is 1.82 bits per heavy atom. The predicted molar refractivity (Wildman–Crippen MR) is 36.3 cm³/mol. The van der Waals surface area contributed by atoms with Gasteiger partial charge in [0.25, 0.3) is 10.1 Å². The maximum absolute atomic E-state index is 10.4. The molecule has 1 aromatic rings. The zero-order valence-corrected chi connectivity index (χ0v) is 7.18. The second-order valence-corrected chi connectivity index (χ2v) is 3.21. The van der Waals surface area contributed by atoms with E-state index in [1.165, 1.54) is 12.1 Å². The molecule has 0 heterocycles. The van der Waals surface area contributed by atoms with E-state index in [-0.39, 0.29) is 21.4 Å². The molecular formula is C6H6NiO3S. The quantitative estimate of drug-likeness (QED) is 0.562. The molecule has 0 aliphatic heterocycles. The summed E-state index contributed by atoms with van der Waals surface area (Å²) in [5, 5.41) is 0. The second kappa shape index (κ2) is 3.86. The van der Waals surface area contributed by atoms with Crippen LogP contribution in [0.3, 0.4) is 0 Å². The summed E-state index contributed by atoms with van der Waals surface area (Å²) < 4.78 is 29.2. The number of hydrogen-bond acceptors (Lipinski definition) is 2. The van der Waals surface area contributed by atoms with Crippen LogP contribution in [0.4, 0.5) is 0 Å². The monoisotopic (exact) mass is 216 g/mol. The minimum absolute atomic E-state index is 0. The summed E-state index contributed by atoms with van der Waals surface area (Å²) in [6.45, 7) is 0. The minimum atomic E-state index is -4.00. The molecule has 0 saturated heterocycles. The van der Waals surface area contributed by atoms with E-state index in [4.69, 9.17) is 4.55 Å². The second-order valence-electron chi connectivity index (χ2n) is 1.79. The standard InChI is InChI=1S/C6H6O3S.Ni/c7-10(8,9)6-4-2-1-3-5-6;/h1-5H,(H,7,8,9);. The summed E-state index contributed by atoms with van der Waals surface area (Å²) in [6.07, 6.45) is 0. The van der Waals surface area contributed by atoms with Crippen LogP contribution in [-0.4, -0.2) is 13.0 Å². The SMILES string of the molecule is O=S(=O)(O)c1ccccc1.[Ni]. The summed E-state index contributed by atoms with van der Waals surface area (Å²) in [4.78, 5) is -0.0741. The molecule has 0 bridgehead atoms. The Kier molecular flexibility index (Phi) is 3.72. The first-order valence-electron chi connectivity index (χ1n) is 2.63. The van der Waals surface area contributed by atoms with Crippen LogP contribution in [0.2, 0.25) is 0 Å². The Labute approximate surface area is 75.1 Å². The van der Waals surface area contributed by atoms with Gasteiger partial charge in [-0.05, 0) is 12.1 Å². The fraction of sp³-hybridized carbons (Fsp3) is 0. The Hall–Kier alpha value is -0.376. The first-order chi connectivity index (χ1) is 4.61. The fourth-order valence-electron chi connectivity index (χ4n) is 0.592. The number of benzene rings is 1. The topological polar surface area (TPSA) is 54.4 Å². The maximum atomic E-state index is 10.4. The van der Waals surface area contributed by atoms with Crippen molar-refractivity contribution in [2.24, 2.45) is 0 Å². The van der Waals surface area contributed by atoms with Crippen molar-refractivity contribution in [3.05, 3.63) is 30.3 Å². The molecule has 11 heavy (non-hydrogen) atoms. The Morgan fingerprint density at radius 1 is 1.09 bits per heavy atom. The molecule has 0 aliphatic rings. The van der Waals surface area contributed by atoms with Crippen molar-refractivity contribution in [2.75, 3.05) is 0 Å². The molecule has 0 aliphatic carbocycles. The van der Waals surface area contributed by atoms with E-state index in [0.717, 1.165) is 0 Å². The van der Waals surface area contributed by atoms with Crippen LogP contribution in [0.25, 0.3) is 0 Å². The summed E-state index contributed by atoms with van der Waals surface area (Å²) in [7, 11) is -4.00. The largest absolute Gasteiger partial charge is 0.294 e. The normalized spacial score (nSPS) is 10.3. The first-order valence-corrected chi connectivity index (χ1v) is 4.07. The van der Waals surface area contributed by atoms with Gasteiger partial charge in [-0.3, -0.25) is 4.55 Å². The summed E-state index contributed by atoms with van der Waals surface area (Å²) >= 11 is 0. The van der Waals surface area contributed by atoms with Crippen LogP contribution >= 0.6 is 0 Å². The summed E-state index contributed by atoms with van der Waals surface area (Å²) in [5.41, 5.74) is 0. The van der Waals surface area contributed by atoms with E-state index >= 15 is 0 Å². The van der Waals surface area contributed by atoms with E-state index in [2.05, 4.69) is 0 Å². The van der Waals surface area contributed by atoms with Crippen LogP contribution < -0.4 is 0 Å². The van der Waals surface area contributed by atoms with Crippen LogP contribution in [0.5, 0.6) is 0 Å². The van der Waals surface area contributed by atoms with Gasteiger partial charge in [0.15, 0.2) is 0 Å². The molecule has 0 amide bonds. The van der Waals surface area contributed by atoms with Gasteiger partial charge < -0.3 is 0 Å². The molecule has 3 nitrogen and oxygen atoms in total. The molecule has 0 radical (unpaired) electrons. The van der Waals surface area contributed by atoms with Gasteiger partial charge in [0.05, 0.1) is 4.90 Å². The van der Waals surface area contributed by atoms with Crippen molar-refractivity contribution >= 4 is 10.1 Å². The van der Waals surface area contributed by atoms with E-state index in [9.17, 15) is 8.42 Å². The van der Waals surface area contributed by atoms with Crippen molar-refractivity contribution in [1.82, 2.24) is 0 Å². The third-order valence-corrected chi connectivity index (χ3v) is 1.91. The average molecular weight is 217 g/mol. The van der Waals surface area contributed by atoms with Crippen LogP contribution in [0.1, 0.15) is 0 Å². The Bertz CT molecular complexity index is 306. The fourth-order valence-corrected chi connectivity index (χ4v) is 1.09. The van der Waals surface area contributed by atoms with Crippen molar-refractivity contribution in [3.63, 3.8) is 0 Å². The van der Waals surface area contributed by atoms with Crippen LogP contribution in [0.15, 0.2) is 35.2 Å². The molecule has 0 spiro atoms. The molecule has 0 fully saturated rings. The summed E-state index contributed by atoms with van der Waals surface area (Å²) in [6, 6.07) is 7.42. The van der Waals surface area contributed by atoms with E-state index in [1.54, 1.807) is 18.2 Å². The zero-order valence-electron chi connectivity index (χ0n) is 5.37. The first kappa shape index (κ1) is 10.6. The molecule has 0 unspecified atom stereocenters. The van der Waals surface area contributed by atoms with Gasteiger partial charge in [0, 0.05) is 16.5 Å². The van der Waals surface area contributed by atoms with E-state index < -0.39 is 10.1 Å². The molecule has 0 saturated carbocycles. The molecule has 0 atom stereocenters. The number of rotatable bonds is 1. The molecule has 5 heteroatoms. The van der Waals surface area contributed by atoms with Crippen LogP contribution in [-0.2, 0) is 26.6 Å². The van der Waals surface area contributed by atoms with Crippen LogP contribution in [0, 0.1) is 0 Å². The minimum Gasteiger partial charge on any atom is -0.282 e. The molecule has 64 valence electrons. The van der Waals surface area contributed by atoms with Crippen molar-refractivity contribution in [2.45, 2.75) is 4.90 Å². The zero-order chi connectivity index (χ0) is 7.61. The average Bonchev–Trinajstić information content (AvgIpc) is 1.88. The van der Waals surface area contributed by atoms with Gasteiger partial charge in [-0.25, -0.2) is 0 Å². The molecule has 1 N–H and O–H groups in total. The Balaban J connectivity index is 0.000001000. The maximum Gasteiger partial charge on any atom is 0.294 e. The van der Waals surface area contributed by atoms with Gasteiger partial charge in [0.2, 0.25) is 0 Å². The van der Waals surface area contributed by atoms with Crippen molar-refractivity contribution in [1.29, 1.82) is 0 Å². The number of hydrogen-bond donors (Lipinski definition) is 1. The van der Waals surface area contributed by atoms with Crippen molar-refractivity contribution < 1.29 is 29.5 Å². The van der Waals surface area contributed by atoms with E-state index in [1.807, 2.05) is 0 Å². The third-order valence-electron chi connectivity index (χ3n) is 1.04. The predicted octanol–water partition coefficient (Wildman–Crippen LogP) is 0.931. The van der Waals surface area contributed by atoms with E-state index in [0.29, 0.717) is 0 Å². The van der Waals surface area contributed by atoms with Gasteiger partial charge in [-0.15, -0.1) is 0 Å². The summed E-state index contributed by atoms with van der Waals surface area (Å²) in [5.74, 6) is 0. The van der Waals surface area contributed by atoms with Gasteiger partial charge in [-0.1, -0.05) is 18.2 Å². The smallest absolute Gasteiger partial charge is 0.282 e. The third kappa shape index (κ3) is 3.01. The van der Waals surface area contributed by atoms with Gasteiger partial charge in [-0.2, -0.15) is 8.42 Å². The molecular weight excluding hydrogens is 211 g/mol. The van der Waals surface area contributed by atoms with Crippen molar-refractivity contribution in [3.8, 4) is 0 Å². The Morgan fingerprint density at radius 2 is 1.55 bits per heavy atom. The molecule has 0 aromatic heterocycles.